The summed E-state index contributed by atoms with van der Waals surface area (Å²) in [5.41, 5.74) is 3.00. The molecule has 5 heteroatoms. The summed E-state index contributed by atoms with van der Waals surface area (Å²) in [6.45, 7) is 2.62. The molecule has 2 aliphatic rings. The van der Waals surface area contributed by atoms with E-state index in [-0.39, 0.29) is 11.8 Å². The molecule has 2 aliphatic heterocycles. The van der Waals surface area contributed by atoms with E-state index in [0.717, 1.165) is 12.0 Å². The van der Waals surface area contributed by atoms with E-state index in [9.17, 15) is 9.90 Å². The molecule has 2 N–H and O–H groups in total. The van der Waals surface area contributed by atoms with Gasteiger partial charge in [-0.2, -0.15) is 5.26 Å². The van der Waals surface area contributed by atoms with Gasteiger partial charge in [-0.05, 0) is 29.7 Å². The smallest absolute Gasteiger partial charge is 0.223 e. The third-order valence-corrected chi connectivity index (χ3v) is 4.69. The van der Waals surface area contributed by atoms with E-state index in [4.69, 9.17) is 5.26 Å². The van der Waals surface area contributed by atoms with Gasteiger partial charge in [0.1, 0.15) is 0 Å². The van der Waals surface area contributed by atoms with Gasteiger partial charge in [-0.3, -0.25) is 4.79 Å². The summed E-state index contributed by atoms with van der Waals surface area (Å²) in [7, 11) is 0. The molecular formula is C18H21N3O2. The molecule has 0 unspecified atom stereocenters. The fourth-order valence-electron chi connectivity index (χ4n) is 3.20. The number of aliphatic hydroxyl groups excluding tert-OH is 1. The van der Waals surface area contributed by atoms with Gasteiger partial charge in [-0.1, -0.05) is 18.2 Å². The van der Waals surface area contributed by atoms with Crippen molar-refractivity contribution in [3.63, 3.8) is 0 Å². The second-order valence-electron chi connectivity index (χ2n) is 6.20. The van der Waals surface area contributed by atoms with Crippen molar-refractivity contribution in [2.45, 2.75) is 18.9 Å². The normalized spacial score (nSPS) is 24.2. The summed E-state index contributed by atoms with van der Waals surface area (Å²) in [6, 6.07) is 9.68. The second kappa shape index (κ2) is 6.95. The molecule has 1 aromatic rings. The third kappa shape index (κ3) is 3.61. The topological polar surface area (TPSA) is 76.4 Å². The van der Waals surface area contributed by atoms with E-state index in [0.29, 0.717) is 38.2 Å². The molecular weight excluding hydrogens is 290 g/mol. The molecule has 0 aliphatic carbocycles. The Morgan fingerprint density at radius 2 is 2.13 bits per heavy atom. The van der Waals surface area contributed by atoms with E-state index >= 15 is 0 Å². The number of hydrogen-bond donors (Lipinski definition) is 2. The van der Waals surface area contributed by atoms with Crippen molar-refractivity contribution in [1.82, 2.24) is 10.2 Å². The molecule has 5 nitrogen and oxygen atoms in total. The molecule has 1 fully saturated rings. The number of amides is 1. The molecule has 0 bridgehead atoms. The Morgan fingerprint density at radius 3 is 2.70 bits per heavy atom. The van der Waals surface area contributed by atoms with E-state index in [1.165, 1.54) is 5.57 Å². The maximum Gasteiger partial charge on any atom is 0.223 e. The van der Waals surface area contributed by atoms with Crippen molar-refractivity contribution >= 4 is 11.5 Å². The average molecular weight is 311 g/mol. The summed E-state index contributed by atoms with van der Waals surface area (Å²) in [5.74, 6) is 0.152. The monoisotopic (exact) mass is 311 g/mol. The van der Waals surface area contributed by atoms with Crippen LogP contribution in [0, 0.1) is 17.2 Å². The predicted octanol–water partition coefficient (Wildman–Crippen LogP) is 1.14. The number of benzene rings is 1. The SMILES string of the molecule is N#Cc1ccc(C2=CCN(C(=O)C[C@@H]3CNC[C@H]3O)CC2)cc1. The summed E-state index contributed by atoms with van der Waals surface area (Å²) in [6.07, 6.45) is 2.91. The molecule has 1 amide bonds. The molecule has 120 valence electrons. The predicted molar refractivity (Wildman–Crippen MR) is 87.3 cm³/mol. The molecule has 1 saturated heterocycles. The van der Waals surface area contributed by atoms with Crippen LogP contribution in [-0.4, -0.2) is 48.2 Å². The maximum atomic E-state index is 12.3. The number of carbonyl (C=O) groups excluding carboxylic acids is 1. The van der Waals surface area contributed by atoms with Crippen LogP contribution in [0.2, 0.25) is 0 Å². The summed E-state index contributed by atoms with van der Waals surface area (Å²) in [5, 5.41) is 21.8. The van der Waals surface area contributed by atoms with Gasteiger partial charge in [0.2, 0.25) is 5.91 Å². The van der Waals surface area contributed by atoms with Crippen LogP contribution in [0.3, 0.4) is 0 Å². The van der Waals surface area contributed by atoms with Crippen molar-refractivity contribution < 1.29 is 9.90 Å². The highest BCUT2D eigenvalue weighted by Crippen LogP contribution is 2.24. The van der Waals surface area contributed by atoms with Gasteiger partial charge in [0.15, 0.2) is 0 Å². The quantitative estimate of drug-likeness (QED) is 0.878. The molecule has 23 heavy (non-hydrogen) atoms. The van der Waals surface area contributed by atoms with Crippen molar-refractivity contribution in [2.75, 3.05) is 26.2 Å². The minimum Gasteiger partial charge on any atom is -0.391 e. The van der Waals surface area contributed by atoms with Gasteiger partial charge in [-0.15, -0.1) is 0 Å². The van der Waals surface area contributed by atoms with Crippen molar-refractivity contribution in [3.05, 3.63) is 41.5 Å². The minimum absolute atomic E-state index is 0.0337. The molecule has 3 rings (SSSR count). The van der Waals surface area contributed by atoms with Gasteiger partial charge < -0.3 is 15.3 Å². The molecule has 0 spiro atoms. The molecule has 0 aromatic heterocycles. The molecule has 1 aromatic carbocycles. The van der Waals surface area contributed by atoms with E-state index in [1.54, 1.807) is 0 Å². The lowest BCUT2D eigenvalue weighted by Gasteiger charge is -2.28. The van der Waals surface area contributed by atoms with Gasteiger partial charge in [0, 0.05) is 38.5 Å². The van der Waals surface area contributed by atoms with Gasteiger partial charge in [0.25, 0.3) is 0 Å². The van der Waals surface area contributed by atoms with Gasteiger partial charge >= 0.3 is 0 Å². The zero-order valence-electron chi connectivity index (χ0n) is 13.0. The number of nitriles is 1. The van der Waals surface area contributed by atoms with Crippen LogP contribution >= 0.6 is 0 Å². The summed E-state index contributed by atoms with van der Waals surface area (Å²) < 4.78 is 0. The lowest BCUT2D eigenvalue weighted by atomic mass is 9.97. The largest absolute Gasteiger partial charge is 0.391 e. The fraction of sp³-hybridized carbons (Fsp3) is 0.444. The Balaban J connectivity index is 1.59. The lowest BCUT2D eigenvalue weighted by Crippen LogP contribution is -2.37. The van der Waals surface area contributed by atoms with Crippen LogP contribution < -0.4 is 5.32 Å². The standard InChI is InChI=1S/C18H21N3O2/c19-10-13-1-3-14(4-2-13)15-5-7-21(8-6-15)18(23)9-16-11-20-12-17(16)22/h1-5,16-17,20,22H,6-9,11-12H2/t16-,17-/m1/s1. The maximum absolute atomic E-state index is 12.3. The fourth-order valence-corrected chi connectivity index (χ4v) is 3.20. The van der Waals surface area contributed by atoms with Gasteiger partial charge in [0.05, 0.1) is 17.7 Å². The highest BCUT2D eigenvalue weighted by Gasteiger charge is 2.29. The van der Waals surface area contributed by atoms with Crippen LogP contribution in [0.4, 0.5) is 0 Å². The molecule has 2 heterocycles. The first kappa shape index (κ1) is 15.7. The Morgan fingerprint density at radius 1 is 1.35 bits per heavy atom. The Bertz CT molecular complexity index is 645. The first-order chi connectivity index (χ1) is 11.2. The number of aliphatic hydroxyl groups is 1. The Labute approximate surface area is 136 Å². The zero-order valence-corrected chi connectivity index (χ0v) is 13.0. The summed E-state index contributed by atoms with van der Waals surface area (Å²) in [4.78, 5) is 14.2. The zero-order chi connectivity index (χ0) is 16.2. The molecule has 2 atom stereocenters. The van der Waals surface area contributed by atoms with Gasteiger partial charge in [-0.25, -0.2) is 0 Å². The number of carbonyl (C=O) groups is 1. The van der Waals surface area contributed by atoms with Crippen molar-refractivity contribution in [1.29, 1.82) is 5.26 Å². The number of rotatable bonds is 3. The lowest BCUT2D eigenvalue weighted by molar-refractivity contribution is -0.132. The highest BCUT2D eigenvalue weighted by molar-refractivity contribution is 5.78. The van der Waals surface area contributed by atoms with Crippen LogP contribution in [-0.2, 0) is 4.79 Å². The number of hydrogen-bond acceptors (Lipinski definition) is 4. The Hall–Kier alpha value is -2.16. The highest BCUT2D eigenvalue weighted by atomic mass is 16.3. The van der Waals surface area contributed by atoms with Crippen LogP contribution in [0.25, 0.3) is 5.57 Å². The average Bonchev–Trinajstić information content (AvgIpc) is 3.00. The minimum atomic E-state index is -0.409. The number of β-amino-alcohol motifs (C(OH)–C–C–N with tert-alkyl or cyclic N) is 1. The van der Waals surface area contributed by atoms with E-state index < -0.39 is 6.10 Å². The molecule has 0 radical (unpaired) electrons. The number of nitrogens with one attached hydrogen (secondary N) is 1. The summed E-state index contributed by atoms with van der Waals surface area (Å²) >= 11 is 0. The second-order valence-corrected chi connectivity index (χ2v) is 6.20. The van der Waals surface area contributed by atoms with Crippen LogP contribution in [0.1, 0.15) is 24.0 Å². The van der Waals surface area contributed by atoms with Crippen LogP contribution in [0.15, 0.2) is 30.3 Å². The van der Waals surface area contributed by atoms with E-state index in [1.807, 2.05) is 29.2 Å². The Kier molecular flexibility index (Phi) is 4.75. The third-order valence-electron chi connectivity index (χ3n) is 4.69. The van der Waals surface area contributed by atoms with Crippen LogP contribution in [0.5, 0.6) is 0 Å². The van der Waals surface area contributed by atoms with E-state index in [2.05, 4.69) is 17.5 Å². The number of nitrogens with zero attached hydrogens (tertiary/aromatic N) is 2. The first-order valence-electron chi connectivity index (χ1n) is 8.03. The van der Waals surface area contributed by atoms with Crippen molar-refractivity contribution in [2.24, 2.45) is 5.92 Å². The molecule has 0 saturated carbocycles. The van der Waals surface area contributed by atoms with Crippen molar-refractivity contribution in [3.8, 4) is 6.07 Å². The first-order valence-corrected chi connectivity index (χ1v) is 8.03.